The van der Waals surface area contributed by atoms with E-state index in [4.69, 9.17) is 5.73 Å². The standard InChI is InChI=1S/C10H23N3O.2ClH/c1-8(2)9(13(3)4)10(14)12-7-5-6-11;;/h8-9H,5-7,11H2,1-4H3,(H,12,14);2*1H. The number of nitrogens with two attached hydrogens (primary N) is 1. The molecule has 0 aromatic carbocycles. The third kappa shape index (κ3) is 8.16. The van der Waals surface area contributed by atoms with Gasteiger partial charge in [0.05, 0.1) is 6.04 Å². The van der Waals surface area contributed by atoms with Crippen LogP contribution in [0.15, 0.2) is 0 Å². The highest BCUT2D eigenvalue weighted by Gasteiger charge is 2.23. The minimum atomic E-state index is -0.0484. The molecule has 1 amide bonds. The molecule has 16 heavy (non-hydrogen) atoms. The molecule has 0 fully saturated rings. The Morgan fingerprint density at radius 3 is 2.12 bits per heavy atom. The van der Waals surface area contributed by atoms with Gasteiger partial charge < -0.3 is 11.1 Å². The van der Waals surface area contributed by atoms with Gasteiger partial charge in [0.15, 0.2) is 0 Å². The van der Waals surface area contributed by atoms with Crippen LogP contribution < -0.4 is 11.1 Å². The van der Waals surface area contributed by atoms with Crippen molar-refractivity contribution in [2.75, 3.05) is 27.2 Å². The van der Waals surface area contributed by atoms with Crippen LogP contribution in [-0.4, -0.2) is 44.0 Å². The van der Waals surface area contributed by atoms with Crippen LogP contribution in [0, 0.1) is 5.92 Å². The summed E-state index contributed by atoms with van der Waals surface area (Å²) in [6.45, 7) is 5.39. The molecule has 0 radical (unpaired) electrons. The Morgan fingerprint density at radius 1 is 1.31 bits per heavy atom. The molecule has 1 atom stereocenters. The smallest absolute Gasteiger partial charge is 0.237 e. The number of hydrogen-bond donors (Lipinski definition) is 2. The van der Waals surface area contributed by atoms with E-state index < -0.39 is 0 Å². The molecule has 0 spiro atoms. The zero-order valence-electron chi connectivity index (χ0n) is 10.5. The first-order chi connectivity index (χ1) is 6.50. The molecule has 3 N–H and O–H groups in total. The normalized spacial score (nSPS) is 11.7. The van der Waals surface area contributed by atoms with Crippen LogP contribution in [0.25, 0.3) is 0 Å². The van der Waals surface area contributed by atoms with Crippen LogP contribution in [0.3, 0.4) is 0 Å². The molecule has 0 saturated carbocycles. The van der Waals surface area contributed by atoms with Crippen molar-refractivity contribution in [3.05, 3.63) is 0 Å². The molecule has 0 rings (SSSR count). The first-order valence-electron chi connectivity index (χ1n) is 5.15. The van der Waals surface area contributed by atoms with Crippen molar-refractivity contribution >= 4 is 30.7 Å². The van der Waals surface area contributed by atoms with Crippen molar-refractivity contribution in [3.63, 3.8) is 0 Å². The molecular weight excluding hydrogens is 249 g/mol. The first kappa shape index (κ1) is 21.3. The van der Waals surface area contributed by atoms with Gasteiger partial charge in [0.2, 0.25) is 5.91 Å². The number of carbonyl (C=O) groups is 1. The molecule has 0 aliphatic rings. The fourth-order valence-corrected chi connectivity index (χ4v) is 1.55. The Morgan fingerprint density at radius 2 is 1.81 bits per heavy atom. The summed E-state index contributed by atoms with van der Waals surface area (Å²) in [7, 11) is 3.85. The van der Waals surface area contributed by atoms with E-state index >= 15 is 0 Å². The highest BCUT2D eigenvalue weighted by Crippen LogP contribution is 2.07. The number of likely N-dealkylation sites (N-methyl/N-ethyl adjacent to an activating group) is 1. The second-order valence-electron chi connectivity index (χ2n) is 4.09. The average molecular weight is 274 g/mol. The molecule has 0 aromatic heterocycles. The lowest BCUT2D eigenvalue weighted by Crippen LogP contribution is -2.47. The van der Waals surface area contributed by atoms with E-state index in [-0.39, 0.29) is 36.8 Å². The zero-order valence-corrected chi connectivity index (χ0v) is 12.2. The van der Waals surface area contributed by atoms with Crippen molar-refractivity contribution in [3.8, 4) is 0 Å². The van der Waals surface area contributed by atoms with Crippen LogP contribution in [0.4, 0.5) is 0 Å². The van der Waals surface area contributed by atoms with Crippen molar-refractivity contribution in [2.24, 2.45) is 11.7 Å². The summed E-state index contributed by atoms with van der Waals surface area (Å²) in [6, 6.07) is -0.0484. The lowest BCUT2D eigenvalue weighted by Gasteiger charge is -2.26. The second-order valence-corrected chi connectivity index (χ2v) is 4.09. The molecule has 0 aliphatic heterocycles. The topological polar surface area (TPSA) is 58.4 Å². The molecule has 0 bridgehead atoms. The molecule has 0 heterocycles. The van der Waals surface area contributed by atoms with Gasteiger partial charge in [-0.15, -0.1) is 24.8 Å². The Hall–Kier alpha value is -0.0300. The van der Waals surface area contributed by atoms with Crippen LogP contribution >= 0.6 is 24.8 Å². The predicted molar refractivity (Wildman–Crippen MR) is 73.5 cm³/mol. The lowest BCUT2D eigenvalue weighted by molar-refractivity contribution is -0.126. The van der Waals surface area contributed by atoms with Crippen LogP contribution in [0.1, 0.15) is 20.3 Å². The molecule has 0 aromatic rings. The van der Waals surface area contributed by atoms with E-state index in [1.807, 2.05) is 32.8 Å². The fraction of sp³-hybridized carbons (Fsp3) is 0.900. The minimum Gasteiger partial charge on any atom is -0.355 e. The lowest BCUT2D eigenvalue weighted by atomic mass is 10.0. The van der Waals surface area contributed by atoms with Gasteiger partial charge in [-0.1, -0.05) is 13.8 Å². The van der Waals surface area contributed by atoms with Gasteiger partial charge in [-0.25, -0.2) is 0 Å². The van der Waals surface area contributed by atoms with Gasteiger partial charge in [-0.2, -0.15) is 0 Å². The first-order valence-corrected chi connectivity index (χ1v) is 5.15. The quantitative estimate of drug-likeness (QED) is 0.707. The Labute approximate surface area is 111 Å². The van der Waals surface area contributed by atoms with Gasteiger partial charge in [0.1, 0.15) is 0 Å². The van der Waals surface area contributed by atoms with Gasteiger partial charge >= 0.3 is 0 Å². The maximum absolute atomic E-state index is 11.7. The van der Waals surface area contributed by atoms with Crippen LogP contribution in [0.2, 0.25) is 0 Å². The van der Waals surface area contributed by atoms with Gasteiger partial charge in [-0.3, -0.25) is 9.69 Å². The highest BCUT2D eigenvalue weighted by atomic mass is 35.5. The van der Waals surface area contributed by atoms with E-state index in [0.29, 0.717) is 19.0 Å². The largest absolute Gasteiger partial charge is 0.355 e. The van der Waals surface area contributed by atoms with E-state index in [1.54, 1.807) is 0 Å². The van der Waals surface area contributed by atoms with Gasteiger partial charge in [0.25, 0.3) is 0 Å². The van der Waals surface area contributed by atoms with Gasteiger partial charge in [-0.05, 0) is 33.0 Å². The third-order valence-corrected chi connectivity index (χ3v) is 2.14. The molecule has 1 unspecified atom stereocenters. The Balaban J connectivity index is -0.000000845. The summed E-state index contributed by atoms with van der Waals surface area (Å²) < 4.78 is 0. The molecule has 6 heteroatoms. The monoisotopic (exact) mass is 273 g/mol. The molecular formula is C10H25Cl2N3O. The summed E-state index contributed by atoms with van der Waals surface area (Å²) in [6.07, 6.45) is 0.837. The summed E-state index contributed by atoms with van der Waals surface area (Å²) >= 11 is 0. The molecule has 100 valence electrons. The number of rotatable bonds is 6. The number of halogens is 2. The number of carbonyl (C=O) groups excluding carboxylic acids is 1. The van der Waals surface area contributed by atoms with E-state index in [9.17, 15) is 4.79 Å². The number of hydrogen-bond acceptors (Lipinski definition) is 3. The zero-order chi connectivity index (χ0) is 11.1. The third-order valence-electron chi connectivity index (χ3n) is 2.14. The Bertz CT molecular complexity index is 169. The van der Waals surface area contributed by atoms with Crippen molar-refractivity contribution in [1.82, 2.24) is 10.2 Å². The van der Waals surface area contributed by atoms with E-state index in [2.05, 4.69) is 5.32 Å². The van der Waals surface area contributed by atoms with Crippen LogP contribution in [-0.2, 0) is 4.79 Å². The minimum absolute atomic E-state index is 0. The number of nitrogens with zero attached hydrogens (tertiary/aromatic N) is 1. The summed E-state index contributed by atoms with van der Waals surface area (Å²) in [5, 5.41) is 2.89. The average Bonchev–Trinajstić information content (AvgIpc) is 2.03. The SMILES string of the molecule is CC(C)C(C(=O)NCCCN)N(C)C.Cl.Cl. The van der Waals surface area contributed by atoms with Crippen molar-refractivity contribution in [2.45, 2.75) is 26.3 Å². The van der Waals surface area contributed by atoms with E-state index in [1.165, 1.54) is 0 Å². The number of amides is 1. The van der Waals surface area contributed by atoms with Crippen molar-refractivity contribution in [1.29, 1.82) is 0 Å². The maximum Gasteiger partial charge on any atom is 0.237 e. The molecule has 0 saturated heterocycles. The highest BCUT2D eigenvalue weighted by molar-refractivity contribution is 5.85. The molecule has 0 aliphatic carbocycles. The number of nitrogens with one attached hydrogen (secondary N) is 1. The van der Waals surface area contributed by atoms with Crippen molar-refractivity contribution < 1.29 is 4.79 Å². The Kier molecular flexibility index (Phi) is 15.2. The van der Waals surface area contributed by atoms with Crippen LogP contribution in [0.5, 0.6) is 0 Å². The summed E-state index contributed by atoms with van der Waals surface area (Å²) in [5.74, 6) is 0.418. The predicted octanol–water partition coefficient (Wildman–Crippen LogP) is 0.881. The summed E-state index contributed by atoms with van der Waals surface area (Å²) in [5.41, 5.74) is 5.35. The van der Waals surface area contributed by atoms with E-state index in [0.717, 1.165) is 6.42 Å². The van der Waals surface area contributed by atoms with Gasteiger partial charge in [0, 0.05) is 6.54 Å². The molecule has 4 nitrogen and oxygen atoms in total. The second kappa shape index (κ2) is 11.5. The summed E-state index contributed by atoms with van der Waals surface area (Å²) in [4.78, 5) is 13.7. The maximum atomic E-state index is 11.7. The fourth-order valence-electron chi connectivity index (χ4n) is 1.55.